The van der Waals surface area contributed by atoms with Crippen LogP contribution >= 0.6 is 0 Å². The van der Waals surface area contributed by atoms with E-state index in [0.717, 1.165) is 6.07 Å². The first-order valence-electron chi connectivity index (χ1n) is 3.52. The summed E-state index contributed by atoms with van der Waals surface area (Å²) < 4.78 is 33.3. The molecule has 0 atom stereocenters. The molecule has 0 bridgehead atoms. The standard InChI is InChI=1S/C7H6FNO4S/c1-5-2-3-6(14(8,12)13)4-7(5)9(10)11/h2-4H,1H3. The summed E-state index contributed by atoms with van der Waals surface area (Å²) in [5.74, 6) is 0. The van der Waals surface area contributed by atoms with Crippen molar-refractivity contribution in [2.24, 2.45) is 0 Å². The van der Waals surface area contributed by atoms with E-state index in [4.69, 9.17) is 0 Å². The van der Waals surface area contributed by atoms with Crippen molar-refractivity contribution in [3.63, 3.8) is 0 Å². The number of hydrogen-bond acceptors (Lipinski definition) is 4. The molecule has 0 saturated heterocycles. The molecule has 5 nitrogen and oxygen atoms in total. The molecule has 76 valence electrons. The highest BCUT2D eigenvalue weighted by atomic mass is 32.3. The Morgan fingerprint density at radius 3 is 2.43 bits per heavy atom. The zero-order valence-electron chi connectivity index (χ0n) is 7.10. The average molecular weight is 219 g/mol. The van der Waals surface area contributed by atoms with E-state index in [1.165, 1.54) is 13.0 Å². The minimum absolute atomic E-state index is 0.280. The first-order valence-corrected chi connectivity index (χ1v) is 4.90. The molecule has 0 fully saturated rings. The molecule has 7 heteroatoms. The molecular formula is C7H6FNO4S. The minimum atomic E-state index is -4.88. The van der Waals surface area contributed by atoms with Gasteiger partial charge in [0.15, 0.2) is 0 Å². The van der Waals surface area contributed by atoms with Gasteiger partial charge in [-0.1, -0.05) is 6.07 Å². The van der Waals surface area contributed by atoms with Gasteiger partial charge in [0, 0.05) is 11.6 Å². The van der Waals surface area contributed by atoms with Crippen LogP contribution in [0, 0.1) is 17.0 Å². The van der Waals surface area contributed by atoms with E-state index >= 15 is 0 Å². The predicted molar refractivity (Wildman–Crippen MR) is 46.1 cm³/mol. The minimum Gasteiger partial charge on any atom is -0.258 e. The molecule has 0 heterocycles. The Morgan fingerprint density at radius 2 is 2.00 bits per heavy atom. The number of halogens is 1. The maximum absolute atomic E-state index is 12.4. The molecule has 1 aromatic rings. The summed E-state index contributed by atoms with van der Waals surface area (Å²) >= 11 is 0. The molecule has 0 radical (unpaired) electrons. The van der Waals surface area contributed by atoms with Crippen molar-refractivity contribution in [2.75, 3.05) is 0 Å². The summed E-state index contributed by atoms with van der Waals surface area (Å²) in [4.78, 5) is 8.93. The fraction of sp³-hybridized carbons (Fsp3) is 0.143. The van der Waals surface area contributed by atoms with Crippen molar-refractivity contribution < 1.29 is 17.2 Å². The number of benzene rings is 1. The maximum atomic E-state index is 12.4. The van der Waals surface area contributed by atoms with E-state index in [9.17, 15) is 22.4 Å². The monoisotopic (exact) mass is 219 g/mol. The molecule has 0 unspecified atom stereocenters. The smallest absolute Gasteiger partial charge is 0.258 e. The third kappa shape index (κ3) is 2.05. The van der Waals surface area contributed by atoms with Crippen LogP contribution in [0.4, 0.5) is 9.57 Å². The van der Waals surface area contributed by atoms with Crippen LogP contribution in [0.25, 0.3) is 0 Å². The molecule has 0 aromatic heterocycles. The van der Waals surface area contributed by atoms with Crippen molar-refractivity contribution in [3.8, 4) is 0 Å². The number of rotatable bonds is 2. The topological polar surface area (TPSA) is 77.3 Å². The zero-order valence-corrected chi connectivity index (χ0v) is 7.91. The summed E-state index contributed by atoms with van der Waals surface area (Å²) in [6.45, 7) is 1.44. The van der Waals surface area contributed by atoms with Crippen LogP contribution in [0.5, 0.6) is 0 Å². The Balaban J connectivity index is 3.42. The number of aryl methyl sites for hydroxylation is 1. The second-order valence-corrected chi connectivity index (χ2v) is 3.99. The van der Waals surface area contributed by atoms with Crippen LogP contribution in [-0.2, 0) is 10.2 Å². The Kier molecular flexibility index (Phi) is 2.52. The van der Waals surface area contributed by atoms with Crippen LogP contribution in [0.1, 0.15) is 5.56 Å². The van der Waals surface area contributed by atoms with E-state index in [0.29, 0.717) is 6.07 Å². The average Bonchev–Trinajstić information content (AvgIpc) is 2.02. The third-order valence-corrected chi connectivity index (χ3v) is 2.48. The van der Waals surface area contributed by atoms with Gasteiger partial charge in [-0.2, -0.15) is 8.42 Å². The highest BCUT2D eigenvalue weighted by molar-refractivity contribution is 7.86. The van der Waals surface area contributed by atoms with Crippen molar-refractivity contribution >= 4 is 15.9 Å². The van der Waals surface area contributed by atoms with Crippen LogP contribution < -0.4 is 0 Å². The molecule has 1 rings (SSSR count). The summed E-state index contributed by atoms with van der Waals surface area (Å²) in [7, 11) is -4.88. The zero-order chi connectivity index (χ0) is 10.9. The van der Waals surface area contributed by atoms with Crippen LogP contribution in [0.2, 0.25) is 0 Å². The lowest BCUT2D eigenvalue weighted by molar-refractivity contribution is -0.385. The molecule has 14 heavy (non-hydrogen) atoms. The van der Waals surface area contributed by atoms with Gasteiger partial charge in [-0.25, -0.2) is 0 Å². The Hall–Kier alpha value is -1.50. The van der Waals surface area contributed by atoms with Crippen LogP contribution in [0.15, 0.2) is 23.1 Å². The molecule has 0 saturated carbocycles. The number of nitrogens with zero attached hydrogens (tertiary/aromatic N) is 1. The number of nitro groups is 1. The number of hydrogen-bond donors (Lipinski definition) is 0. The maximum Gasteiger partial charge on any atom is 0.332 e. The highest BCUT2D eigenvalue weighted by Gasteiger charge is 2.18. The summed E-state index contributed by atoms with van der Waals surface area (Å²) in [5, 5.41) is 10.4. The molecule has 0 N–H and O–H groups in total. The van der Waals surface area contributed by atoms with Gasteiger partial charge in [0.25, 0.3) is 5.69 Å². The van der Waals surface area contributed by atoms with Gasteiger partial charge < -0.3 is 0 Å². The van der Waals surface area contributed by atoms with Crippen molar-refractivity contribution in [2.45, 2.75) is 11.8 Å². The van der Waals surface area contributed by atoms with Gasteiger partial charge in [0.2, 0.25) is 0 Å². The predicted octanol–water partition coefficient (Wildman–Crippen LogP) is 1.56. The van der Waals surface area contributed by atoms with Crippen LogP contribution in [-0.4, -0.2) is 13.3 Å². The van der Waals surface area contributed by atoms with E-state index in [-0.39, 0.29) is 5.56 Å². The Bertz CT molecular complexity index is 482. The van der Waals surface area contributed by atoms with Gasteiger partial charge in [0.1, 0.15) is 4.90 Å². The van der Waals surface area contributed by atoms with E-state index < -0.39 is 25.7 Å². The lowest BCUT2D eigenvalue weighted by atomic mass is 10.2. The molecule has 0 spiro atoms. The largest absolute Gasteiger partial charge is 0.332 e. The highest BCUT2D eigenvalue weighted by Crippen LogP contribution is 2.22. The first-order chi connectivity index (χ1) is 6.32. The second kappa shape index (κ2) is 3.33. The molecule has 0 aliphatic rings. The number of nitro benzene ring substituents is 1. The Morgan fingerprint density at radius 1 is 1.43 bits per heavy atom. The summed E-state index contributed by atoms with van der Waals surface area (Å²) in [6, 6.07) is 2.87. The van der Waals surface area contributed by atoms with Gasteiger partial charge in [0.05, 0.1) is 4.92 Å². The fourth-order valence-electron chi connectivity index (χ4n) is 0.938. The van der Waals surface area contributed by atoms with Gasteiger partial charge in [-0.15, -0.1) is 3.89 Å². The fourth-order valence-corrected chi connectivity index (χ4v) is 1.42. The van der Waals surface area contributed by atoms with Crippen LogP contribution in [0.3, 0.4) is 0 Å². The quantitative estimate of drug-likeness (QED) is 0.429. The SMILES string of the molecule is Cc1ccc(S(=O)(=O)F)cc1[N+](=O)[O-]. The van der Waals surface area contributed by atoms with E-state index in [1.54, 1.807) is 0 Å². The first kappa shape index (κ1) is 10.6. The molecular weight excluding hydrogens is 213 g/mol. The third-order valence-electron chi connectivity index (χ3n) is 1.66. The second-order valence-electron chi connectivity index (χ2n) is 2.64. The van der Waals surface area contributed by atoms with Crippen molar-refractivity contribution in [1.82, 2.24) is 0 Å². The molecule has 1 aromatic carbocycles. The normalized spacial score (nSPS) is 11.3. The Labute approximate surface area is 79.5 Å². The van der Waals surface area contributed by atoms with Crippen molar-refractivity contribution in [3.05, 3.63) is 33.9 Å². The van der Waals surface area contributed by atoms with Crippen molar-refractivity contribution in [1.29, 1.82) is 0 Å². The van der Waals surface area contributed by atoms with Gasteiger partial charge in [-0.3, -0.25) is 10.1 Å². The lowest BCUT2D eigenvalue weighted by Gasteiger charge is -1.98. The summed E-state index contributed by atoms with van der Waals surface area (Å²) in [6.07, 6.45) is 0. The van der Waals surface area contributed by atoms with E-state index in [2.05, 4.69) is 0 Å². The molecule has 0 aliphatic heterocycles. The summed E-state index contributed by atoms with van der Waals surface area (Å²) in [5.41, 5.74) is -0.133. The molecule has 0 amide bonds. The lowest BCUT2D eigenvalue weighted by Crippen LogP contribution is -1.96. The molecule has 0 aliphatic carbocycles. The van der Waals surface area contributed by atoms with Gasteiger partial charge in [-0.05, 0) is 13.0 Å². The van der Waals surface area contributed by atoms with Gasteiger partial charge >= 0.3 is 10.2 Å². The van der Waals surface area contributed by atoms with E-state index in [1.807, 2.05) is 0 Å².